The van der Waals surface area contributed by atoms with Crippen LogP contribution < -0.4 is 5.32 Å². The van der Waals surface area contributed by atoms with Gasteiger partial charge in [0.2, 0.25) is 0 Å². The number of nitrogens with one attached hydrogen (secondary N) is 2. The molecular weight excluding hydrogens is 366 g/mol. The van der Waals surface area contributed by atoms with Crippen molar-refractivity contribution in [1.29, 1.82) is 0 Å². The fourth-order valence-electron chi connectivity index (χ4n) is 2.82. The number of H-pyrrole nitrogens is 1. The van der Waals surface area contributed by atoms with E-state index in [4.69, 9.17) is 0 Å². The predicted octanol–water partition coefficient (Wildman–Crippen LogP) is 5.52. The Kier molecular flexibility index (Phi) is 5.39. The van der Waals surface area contributed by atoms with Crippen molar-refractivity contribution < 1.29 is 0 Å². The molecule has 0 fully saturated rings. The summed E-state index contributed by atoms with van der Waals surface area (Å²) in [6.45, 7) is 4.07. The molecule has 2 heterocycles. The van der Waals surface area contributed by atoms with Crippen molar-refractivity contribution in [3.05, 3.63) is 83.8 Å². The summed E-state index contributed by atoms with van der Waals surface area (Å²) in [5, 5.41) is 10.7. The fraction of sp³-hybridized carbons (Fsp3) is 0.136. The summed E-state index contributed by atoms with van der Waals surface area (Å²) in [5.41, 5.74) is 4.24. The first kappa shape index (κ1) is 18.3. The van der Waals surface area contributed by atoms with E-state index in [2.05, 4.69) is 56.7 Å². The normalized spacial score (nSPS) is 10.8. The lowest BCUT2D eigenvalue weighted by Crippen LogP contribution is -2.01. The Balaban J connectivity index is 1.46. The predicted molar refractivity (Wildman–Crippen MR) is 115 cm³/mol. The number of aromatic nitrogens is 4. The Morgan fingerprint density at radius 1 is 0.893 bits per heavy atom. The Morgan fingerprint density at radius 2 is 1.68 bits per heavy atom. The van der Waals surface area contributed by atoms with Crippen LogP contribution in [-0.4, -0.2) is 20.2 Å². The van der Waals surface area contributed by atoms with E-state index < -0.39 is 0 Å². The molecule has 0 unspecified atom stereocenters. The SMILES string of the molecule is Cc1ccc(SCc2nc(C)cc(Nc3cc(-c4ccccc4)[nH]n3)n2)cc1. The number of rotatable bonds is 6. The van der Waals surface area contributed by atoms with Gasteiger partial charge in [0.15, 0.2) is 5.82 Å². The van der Waals surface area contributed by atoms with E-state index in [1.807, 2.05) is 49.4 Å². The largest absolute Gasteiger partial charge is 0.323 e. The third-order valence-corrected chi connectivity index (χ3v) is 5.22. The lowest BCUT2D eigenvalue weighted by Gasteiger charge is -2.07. The van der Waals surface area contributed by atoms with Crippen molar-refractivity contribution >= 4 is 23.4 Å². The molecule has 0 saturated heterocycles. The highest BCUT2D eigenvalue weighted by molar-refractivity contribution is 7.98. The van der Waals surface area contributed by atoms with Crippen LogP contribution in [0.5, 0.6) is 0 Å². The second-order valence-corrected chi connectivity index (χ2v) is 7.62. The van der Waals surface area contributed by atoms with Crippen LogP contribution in [-0.2, 0) is 5.75 Å². The number of aromatic amines is 1. The number of benzene rings is 2. The smallest absolute Gasteiger partial charge is 0.153 e. The van der Waals surface area contributed by atoms with Gasteiger partial charge >= 0.3 is 0 Å². The van der Waals surface area contributed by atoms with E-state index in [0.29, 0.717) is 0 Å². The zero-order valence-corrected chi connectivity index (χ0v) is 16.6. The highest BCUT2D eigenvalue weighted by Crippen LogP contribution is 2.24. The van der Waals surface area contributed by atoms with Gasteiger partial charge < -0.3 is 5.32 Å². The fourth-order valence-corrected chi connectivity index (χ4v) is 3.58. The summed E-state index contributed by atoms with van der Waals surface area (Å²) in [5.74, 6) is 2.99. The number of anilines is 2. The van der Waals surface area contributed by atoms with E-state index in [-0.39, 0.29) is 0 Å². The maximum absolute atomic E-state index is 4.65. The van der Waals surface area contributed by atoms with Gasteiger partial charge in [0.05, 0.1) is 11.4 Å². The van der Waals surface area contributed by atoms with Gasteiger partial charge in [-0.15, -0.1) is 11.8 Å². The highest BCUT2D eigenvalue weighted by atomic mass is 32.2. The molecule has 2 N–H and O–H groups in total. The summed E-state index contributed by atoms with van der Waals surface area (Å²) in [6, 6.07) is 22.5. The lowest BCUT2D eigenvalue weighted by molar-refractivity contribution is 0.995. The zero-order valence-electron chi connectivity index (χ0n) is 15.8. The number of nitrogens with zero attached hydrogens (tertiary/aromatic N) is 3. The number of hydrogen-bond donors (Lipinski definition) is 2. The van der Waals surface area contributed by atoms with E-state index in [0.717, 1.165) is 40.2 Å². The van der Waals surface area contributed by atoms with Crippen LogP contribution in [0.3, 0.4) is 0 Å². The monoisotopic (exact) mass is 387 g/mol. The summed E-state index contributed by atoms with van der Waals surface area (Å²) in [4.78, 5) is 10.4. The molecule has 28 heavy (non-hydrogen) atoms. The molecule has 5 nitrogen and oxygen atoms in total. The molecule has 0 spiro atoms. The third kappa shape index (κ3) is 4.58. The van der Waals surface area contributed by atoms with E-state index in [1.54, 1.807) is 11.8 Å². The summed E-state index contributed by atoms with van der Waals surface area (Å²) < 4.78 is 0. The number of thioether (sulfide) groups is 1. The Bertz CT molecular complexity index is 1060. The molecule has 0 saturated carbocycles. The maximum Gasteiger partial charge on any atom is 0.153 e. The maximum atomic E-state index is 4.65. The average molecular weight is 388 g/mol. The van der Waals surface area contributed by atoms with Gasteiger partial charge in [-0.05, 0) is 31.5 Å². The standard InChI is InChI=1S/C22H21N5S/c1-15-8-10-18(11-9-15)28-14-22-23-16(2)12-20(25-22)24-21-13-19(26-27-21)17-6-4-3-5-7-17/h3-13H,14H2,1-2H3,(H2,23,24,25,26,27). The summed E-state index contributed by atoms with van der Waals surface area (Å²) >= 11 is 1.73. The van der Waals surface area contributed by atoms with Gasteiger partial charge in [-0.1, -0.05) is 48.0 Å². The molecule has 4 rings (SSSR count). The average Bonchev–Trinajstić information content (AvgIpc) is 3.16. The van der Waals surface area contributed by atoms with Crippen LogP contribution in [0.25, 0.3) is 11.3 Å². The minimum Gasteiger partial charge on any atom is -0.323 e. The van der Waals surface area contributed by atoms with Gasteiger partial charge in [0.1, 0.15) is 11.6 Å². The van der Waals surface area contributed by atoms with Crippen molar-refractivity contribution in [1.82, 2.24) is 20.2 Å². The van der Waals surface area contributed by atoms with Crippen LogP contribution in [0.15, 0.2) is 71.6 Å². The molecule has 0 atom stereocenters. The quantitative estimate of drug-likeness (QED) is 0.427. The minimum atomic E-state index is 0.718. The van der Waals surface area contributed by atoms with Crippen LogP contribution >= 0.6 is 11.8 Å². The molecule has 140 valence electrons. The molecule has 0 aliphatic rings. The first-order valence-corrected chi connectivity index (χ1v) is 10.1. The molecule has 0 aliphatic heterocycles. The Labute approximate surface area is 168 Å². The molecule has 0 aliphatic carbocycles. The van der Waals surface area contributed by atoms with Crippen LogP contribution in [0, 0.1) is 13.8 Å². The molecule has 4 aromatic rings. The van der Waals surface area contributed by atoms with Crippen LogP contribution in [0.1, 0.15) is 17.1 Å². The molecule has 0 bridgehead atoms. The third-order valence-electron chi connectivity index (χ3n) is 4.21. The molecule has 6 heteroatoms. The second kappa shape index (κ2) is 8.27. The zero-order chi connectivity index (χ0) is 19.3. The Morgan fingerprint density at radius 3 is 2.46 bits per heavy atom. The highest BCUT2D eigenvalue weighted by Gasteiger charge is 2.07. The Hall–Kier alpha value is -3.12. The van der Waals surface area contributed by atoms with Gasteiger partial charge in [-0.2, -0.15) is 5.10 Å². The molecule has 0 radical (unpaired) electrons. The second-order valence-electron chi connectivity index (χ2n) is 6.57. The lowest BCUT2D eigenvalue weighted by atomic mass is 10.2. The van der Waals surface area contributed by atoms with Crippen molar-refractivity contribution in [2.45, 2.75) is 24.5 Å². The summed E-state index contributed by atoms with van der Waals surface area (Å²) in [7, 11) is 0. The van der Waals surface area contributed by atoms with E-state index >= 15 is 0 Å². The van der Waals surface area contributed by atoms with Gasteiger partial charge in [0, 0.05) is 22.7 Å². The summed E-state index contributed by atoms with van der Waals surface area (Å²) in [6.07, 6.45) is 0. The minimum absolute atomic E-state index is 0.718. The molecule has 2 aromatic heterocycles. The number of hydrogen-bond acceptors (Lipinski definition) is 5. The molecule has 2 aromatic carbocycles. The van der Waals surface area contributed by atoms with Crippen molar-refractivity contribution in [2.24, 2.45) is 0 Å². The van der Waals surface area contributed by atoms with Gasteiger partial charge in [0.25, 0.3) is 0 Å². The number of aryl methyl sites for hydroxylation is 2. The van der Waals surface area contributed by atoms with Crippen molar-refractivity contribution in [3.8, 4) is 11.3 Å². The van der Waals surface area contributed by atoms with Gasteiger partial charge in [-0.3, -0.25) is 5.10 Å². The topological polar surface area (TPSA) is 66.5 Å². The van der Waals surface area contributed by atoms with E-state index in [9.17, 15) is 0 Å². The molecular formula is C22H21N5S. The van der Waals surface area contributed by atoms with Crippen molar-refractivity contribution in [2.75, 3.05) is 5.32 Å². The van der Waals surface area contributed by atoms with Crippen molar-refractivity contribution in [3.63, 3.8) is 0 Å². The van der Waals surface area contributed by atoms with E-state index in [1.165, 1.54) is 10.5 Å². The van der Waals surface area contributed by atoms with Crippen LogP contribution in [0.2, 0.25) is 0 Å². The first-order chi connectivity index (χ1) is 13.7. The molecule has 0 amide bonds. The van der Waals surface area contributed by atoms with Crippen LogP contribution in [0.4, 0.5) is 11.6 Å². The first-order valence-electron chi connectivity index (χ1n) is 9.07. The van der Waals surface area contributed by atoms with Gasteiger partial charge in [-0.25, -0.2) is 9.97 Å².